The molecule has 23 heavy (non-hydrogen) atoms. The predicted molar refractivity (Wildman–Crippen MR) is 90.7 cm³/mol. The third-order valence-electron chi connectivity index (χ3n) is 4.37. The van der Waals surface area contributed by atoms with Crippen LogP contribution in [0.2, 0.25) is 0 Å². The number of likely N-dealkylation sites (N-methyl/N-ethyl adjacent to an activating group) is 1. The molecule has 1 saturated heterocycles. The normalized spacial score (nSPS) is 17.7. The Kier molecular flexibility index (Phi) is 4.41. The molecular formula is C18H22N4O. The number of aromatic nitrogens is 1. The Morgan fingerprint density at radius 2 is 2.00 bits per heavy atom. The van der Waals surface area contributed by atoms with Gasteiger partial charge in [-0.15, -0.1) is 0 Å². The number of hydrogen-bond acceptors (Lipinski definition) is 4. The minimum Gasteiger partial charge on any atom is -0.337 e. The number of pyridine rings is 1. The van der Waals surface area contributed by atoms with E-state index >= 15 is 0 Å². The van der Waals surface area contributed by atoms with E-state index in [9.17, 15) is 4.79 Å². The third kappa shape index (κ3) is 3.41. The van der Waals surface area contributed by atoms with Gasteiger partial charge in [-0.1, -0.05) is 12.1 Å². The highest BCUT2D eigenvalue weighted by atomic mass is 16.2. The first-order valence-electron chi connectivity index (χ1n) is 7.83. The molecule has 2 heterocycles. The highest BCUT2D eigenvalue weighted by molar-refractivity contribution is 5.95. The summed E-state index contributed by atoms with van der Waals surface area (Å²) in [6.45, 7) is 3.47. The molecule has 2 N–H and O–H groups in total. The third-order valence-corrected chi connectivity index (χ3v) is 4.37. The van der Waals surface area contributed by atoms with Crippen LogP contribution in [0.5, 0.6) is 0 Å². The van der Waals surface area contributed by atoms with E-state index in [0.29, 0.717) is 6.54 Å². The summed E-state index contributed by atoms with van der Waals surface area (Å²) >= 11 is 0. The first-order chi connectivity index (χ1) is 11.0. The molecule has 1 amide bonds. The summed E-state index contributed by atoms with van der Waals surface area (Å²) in [5, 5.41) is 1.70. The van der Waals surface area contributed by atoms with Gasteiger partial charge in [0.1, 0.15) is 0 Å². The summed E-state index contributed by atoms with van der Waals surface area (Å²) in [5.74, 6) is 5.86. The molecule has 0 aliphatic carbocycles. The fraction of sp³-hybridized carbons (Fsp3) is 0.333. The van der Waals surface area contributed by atoms with Crippen LogP contribution in [0.25, 0.3) is 11.1 Å². The van der Waals surface area contributed by atoms with Crippen molar-refractivity contribution in [3.63, 3.8) is 0 Å². The number of aryl methyl sites for hydroxylation is 1. The molecule has 1 aromatic heterocycles. The van der Waals surface area contributed by atoms with E-state index in [4.69, 9.17) is 5.84 Å². The molecule has 120 valence electrons. The Balaban J connectivity index is 1.74. The Bertz CT molecular complexity index is 696. The lowest BCUT2D eigenvalue weighted by atomic mass is 10.0. The molecule has 0 bridgehead atoms. The Morgan fingerprint density at radius 3 is 2.61 bits per heavy atom. The second-order valence-electron chi connectivity index (χ2n) is 6.19. The molecule has 0 radical (unpaired) electrons. The van der Waals surface area contributed by atoms with E-state index in [-0.39, 0.29) is 11.9 Å². The average molecular weight is 310 g/mol. The van der Waals surface area contributed by atoms with Gasteiger partial charge < -0.3 is 4.90 Å². The van der Waals surface area contributed by atoms with Gasteiger partial charge in [0.15, 0.2) is 0 Å². The zero-order chi connectivity index (χ0) is 16.4. The maximum atomic E-state index is 12.6. The summed E-state index contributed by atoms with van der Waals surface area (Å²) in [6.07, 6.45) is 4.59. The van der Waals surface area contributed by atoms with Crippen LogP contribution in [0.4, 0.5) is 0 Å². The number of likely N-dealkylation sites (tertiary alicyclic amines) is 1. The molecule has 0 saturated carbocycles. The molecule has 5 nitrogen and oxygen atoms in total. The molecule has 0 spiro atoms. The van der Waals surface area contributed by atoms with Crippen molar-refractivity contribution in [2.24, 2.45) is 5.84 Å². The van der Waals surface area contributed by atoms with Crippen molar-refractivity contribution in [1.29, 1.82) is 0 Å². The number of amides is 1. The number of hydrazine groups is 1. The van der Waals surface area contributed by atoms with E-state index in [1.165, 1.54) is 0 Å². The lowest BCUT2D eigenvalue weighted by Crippen LogP contribution is -2.40. The Labute approximate surface area is 136 Å². The van der Waals surface area contributed by atoms with Crippen LogP contribution < -0.4 is 5.84 Å². The molecule has 0 unspecified atom stereocenters. The van der Waals surface area contributed by atoms with Crippen molar-refractivity contribution in [3.8, 4) is 11.1 Å². The van der Waals surface area contributed by atoms with E-state index in [0.717, 1.165) is 35.2 Å². The maximum absolute atomic E-state index is 12.6. The monoisotopic (exact) mass is 310 g/mol. The average Bonchev–Trinajstić information content (AvgIpc) is 3.04. The fourth-order valence-corrected chi connectivity index (χ4v) is 2.96. The Morgan fingerprint density at radius 1 is 1.26 bits per heavy atom. The summed E-state index contributed by atoms with van der Waals surface area (Å²) in [5.41, 5.74) is 3.97. The molecule has 1 aromatic carbocycles. The van der Waals surface area contributed by atoms with Gasteiger partial charge in [-0.3, -0.25) is 15.6 Å². The van der Waals surface area contributed by atoms with Gasteiger partial charge >= 0.3 is 0 Å². The molecular weight excluding hydrogens is 288 g/mol. The van der Waals surface area contributed by atoms with Crippen LogP contribution in [0.3, 0.4) is 0 Å². The largest absolute Gasteiger partial charge is 0.337 e. The number of carbonyl (C=O) groups is 1. The summed E-state index contributed by atoms with van der Waals surface area (Å²) in [4.78, 5) is 18.7. The van der Waals surface area contributed by atoms with Gasteiger partial charge in [-0.2, -0.15) is 0 Å². The number of benzene rings is 1. The standard InChI is InChI=1S/C18H22N4O/c1-13-9-16(11-20-10-13)14-3-5-15(6-4-14)18(23)22-8-7-17(12-22)21(2)19/h3-6,9-11,17H,7-8,12,19H2,1-2H3/t17-/m1/s1. The lowest BCUT2D eigenvalue weighted by molar-refractivity contribution is 0.0780. The minimum atomic E-state index is 0.0725. The van der Waals surface area contributed by atoms with Crippen LogP contribution in [0, 0.1) is 6.92 Å². The maximum Gasteiger partial charge on any atom is 0.253 e. The van der Waals surface area contributed by atoms with E-state index < -0.39 is 0 Å². The minimum absolute atomic E-state index is 0.0725. The van der Waals surface area contributed by atoms with Crippen LogP contribution in [0.1, 0.15) is 22.3 Å². The van der Waals surface area contributed by atoms with Crippen LogP contribution in [-0.2, 0) is 0 Å². The smallest absolute Gasteiger partial charge is 0.253 e. The first kappa shape index (κ1) is 15.6. The van der Waals surface area contributed by atoms with E-state index in [2.05, 4.69) is 11.1 Å². The zero-order valence-electron chi connectivity index (χ0n) is 13.6. The Hall–Kier alpha value is -2.24. The second kappa shape index (κ2) is 6.48. The predicted octanol–water partition coefficient (Wildman–Crippen LogP) is 2.08. The highest BCUT2D eigenvalue weighted by Gasteiger charge is 2.28. The van der Waals surface area contributed by atoms with Gasteiger partial charge in [0.05, 0.1) is 0 Å². The number of rotatable bonds is 3. The number of hydrogen-bond donors (Lipinski definition) is 1. The molecule has 1 aliphatic rings. The van der Waals surface area contributed by atoms with E-state index in [1.807, 2.05) is 55.5 Å². The fourth-order valence-electron chi connectivity index (χ4n) is 2.96. The van der Waals surface area contributed by atoms with Crippen LogP contribution in [-0.4, -0.2) is 47.0 Å². The van der Waals surface area contributed by atoms with Crippen molar-refractivity contribution in [3.05, 3.63) is 53.9 Å². The molecule has 1 fully saturated rings. The highest BCUT2D eigenvalue weighted by Crippen LogP contribution is 2.21. The SMILES string of the molecule is Cc1cncc(-c2ccc(C(=O)N3CC[C@@H](N(C)N)C3)cc2)c1. The van der Waals surface area contributed by atoms with Gasteiger partial charge in [0, 0.05) is 49.7 Å². The van der Waals surface area contributed by atoms with Gasteiger partial charge in [0.2, 0.25) is 0 Å². The number of nitrogens with two attached hydrogens (primary N) is 1. The van der Waals surface area contributed by atoms with Gasteiger partial charge in [0.25, 0.3) is 5.91 Å². The molecule has 1 atom stereocenters. The number of nitrogens with zero attached hydrogens (tertiary/aromatic N) is 3. The molecule has 3 rings (SSSR count). The molecule has 2 aromatic rings. The number of carbonyl (C=O) groups excluding carboxylic acids is 1. The summed E-state index contributed by atoms with van der Waals surface area (Å²) in [7, 11) is 1.85. The molecule has 1 aliphatic heterocycles. The topological polar surface area (TPSA) is 62.5 Å². The molecule has 5 heteroatoms. The van der Waals surface area contributed by atoms with Crippen molar-refractivity contribution < 1.29 is 4.79 Å². The quantitative estimate of drug-likeness (QED) is 0.696. The van der Waals surface area contributed by atoms with Gasteiger partial charge in [-0.05, 0) is 42.7 Å². The summed E-state index contributed by atoms with van der Waals surface area (Å²) in [6, 6.07) is 10.1. The van der Waals surface area contributed by atoms with Crippen molar-refractivity contribution >= 4 is 5.91 Å². The first-order valence-corrected chi connectivity index (χ1v) is 7.83. The van der Waals surface area contributed by atoms with Crippen LogP contribution in [0.15, 0.2) is 42.7 Å². The van der Waals surface area contributed by atoms with E-state index in [1.54, 1.807) is 5.01 Å². The second-order valence-corrected chi connectivity index (χ2v) is 6.19. The van der Waals surface area contributed by atoms with Crippen molar-refractivity contribution in [2.45, 2.75) is 19.4 Å². The van der Waals surface area contributed by atoms with Crippen LogP contribution >= 0.6 is 0 Å². The van der Waals surface area contributed by atoms with Crippen molar-refractivity contribution in [2.75, 3.05) is 20.1 Å². The van der Waals surface area contributed by atoms with Crippen molar-refractivity contribution in [1.82, 2.24) is 14.9 Å². The zero-order valence-corrected chi connectivity index (χ0v) is 13.6. The van der Waals surface area contributed by atoms with Gasteiger partial charge in [-0.25, -0.2) is 5.01 Å². The lowest BCUT2D eigenvalue weighted by Gasteiger charge is -2.20. The summed E-state index contributed by atoms with van der Waals surface area (Å²) < 4.78 is 0.